The Morgan fingerprint density at radius 3 is 1.91 bits per heavy atom. The van der Waals surface area contributed by atoms with E-state index in [-0.39, 0.29) is 6.04 Å². The van der Waals surface area contributed by atoms with Crippen molar-refractivity contribution < 1.29 is 14.6 Å². The van der Waals surface area contributed by atoms with Gasteiger partial charge in [0.05, 0.1) is 9.85 Å². The summed E-state index contributed by atoms with van der Waals surface area (Å²) in [5, 5.41) is 25.2. The van der Waals surface area contributed by atoms with E-state index in [0.717, 1.165) is 0 Å². The average Bonchev–Trinajstić information content (AvgIpc) is 2.44. The van der Waals surface area contributed by atoms with Gasteiger partial charge < -0.3 is 5.32 Å². The minimum Gasteiger partial charge on any atom is -0.349 e. The molecule has 1 rings (SSSR count). The summed E-state index contributed by atoms with van der Waals surface area (Å²) < 4.78 is 0. The molecule has 1 N–H and O–H groups in total. The lowest BCUT2D eigenvalue weighted by Crippen LogP contribution is -2.33. The summed E-state index contributed by atoms with van der Waals surface area (Å²) in [6.45, 7) is 8.91. The first-order valence-corrected chi connectivity index (χ1v) is 7.27. The number of nitro benzene ring substituents is 2. The quantitative estimate of drug-likeness (QED) is 0.659. The second kappa shape index (κ2) is 6.72. The van der Waals surface area contributed by atoms with Crippen molar-refractivity contribution in [1.29, 1.82) is 0 Å². The van der Waals surface area contributed by atoms with Gasteiger partial charge in [-0.2, -0.15) is 0 Å². The first kappa shape index (κ1) is 18.5. The molecule has 126 valence electrons. The number of nitrogens with one attached hydrogen (secondary N) is 1. The van der Waals surface area contributed by atoms with Crippen LogP contribution in [0.25, 0.3) is 0 Å². The molecule has 1 unspecified atom stereocenters. The maximum absolute atomic E-state index is 12.3. The highest BCUT2D eigenvalue weighted by Gasteiger charge is 2.34. The smallest absolute Gasteiger partial charge is 0.289 e. The second-order valence-corrected chi connectivity index (χ2v) is 6.44. The number of benzene rings is 1. The molecule has 8 heteroatoms. The Labute approximate surface area is 134 Å². The fraction of sp³-hybridized carbons (Fsp3) is 0.533. The molecular formula is C15H21N3O5. The maximum atomic E-state index is 12.3. The Morgan fingerprint density at radius 2 is 1.61 bits per heavy atom. The first-order valence-electron chi connectivity index (χ1n) is 7.27. The van der Waals surface area contributed by atoms with Gasteiger partial charge in [0, 0.05) is 18.2 Å². The normalized spacial score (nSPS) is 12.6. The molecule has 1 aromatic carbocycles. The van der Waals surface area contributed by atoms with Crippen LogP contribution in [0.3, 0.4) is 0 Å². The SMILES string of the molecule is CCC(C)NC(=O)c1c([N+](=O)[O-])cc(C(C)(C)C)cc1[N+](=O)[O-]. The zero-order valence-corrected chi connectivity index (χ0v) is 13.9. The second-order valence-electron chi connectivity index (χ2n) is 6.44. The molecule has 0 fully saturated rings. The fourth-order valence-corrected chi connectivity index (χ4v) is 1.96. The summed E-state index contributed by atoms with van der Waals surface area (Å²) in [4.78, 5) is 33.5. The molecule has 1 atom stereocenters. The number of carbonyl (C=O) groups is 1. The Hall–Kier alpha value is -2.51. The number of rotatable bonds is 5. The van der Waals surface area contributed by atoms with E-state index in [4.69, 9.17) is 0 Å². The van der Waals surface area contributed by atoms with Gasteiger partial charge in [0.25, 0.3) is 17.3 Å². The number of amides is 1. The van der Waals surface area contributed by atoms with Crippen molar-refractivity contribution in [3.05, 3.63) is 43.5 Å². The van der Waals surface area contributed by atoms with E-state index < -0.39 is 38.1 Å². The van der Waals surface area contributed by atoms with Crippen LogP contribution in [0.4, 0.5) is 11.4 Å². The van der Waals surface area contributed by atoms with Crippen LogP contribution >= 0.6 is 0 Å². The van der Waals surface area contributed by atoms with E-state index >= 15 is 0 Å². The number of nitro groups is 2. The van der Waals surface area contributed by atoms with Crippen molar-refractivity contribution in [1.82, 2.24) is 5.32 Å². The molecule has 1 aromatic rings. The van der Waals surface area contributed by atoms with E-state index in [2.05, 4.69) is 5.32 Å². The summed E-state index contributed by atoms with van der Waals surface area (Å²) in [6.07, 6.45) is 0.605. The van der Waals surface area contributed by atoms with Crippen molar-refractivity contribution in [2.24, 2.45) is 0 Å². The molecule has 0 aliphatic heterocycles. The molecule has 0 spiro atoms. The molecule has 0 aromatic heterocycles. The average molecular weight is 323 g/mol. The van der Waals surface area contributed by atoms with Crippen LogP contribution in [0.2, 0.25) is 0 Å². The molecule has 8 nitrogen and oxygen atoms in total. The Kier molecular flexibility index (Phi) is 5.42. The fourth-order valence-electron chi connectivity index (χ4n) is 1.96. The molecule has 0 aliphatic carbocycles. The van der Waals surface area contributed by atoms with E-state index in [9.17, 15) is 25.0 Å². The summed E-state index contributed by atoms with van der Waals surface area (Å²) in [5.41, 5.74) is -1.71. The predicted octanol–water partition coefficient (Wildman–Crippen LogP) is 3.33. The highest BCUT2D eigenvalue weighted by molar-refractivity contribution is 6.02. The zero-order valence-electron chi connectivity index (χ0n) is 13.9. The Morgan fingerprint density at radius 1 is 1.17 bits per heavy atom. The van der Waals surface area contributed by atoms with Gasteiger partial charge in [-0.05, 0) is 24.3 Å². The van der Waals surface area contributed by atoms with Gasteiger partial charge in [0.1, 0.15) is 0 Å². The van der Waals surface area contributed by atoms with Crippen LogP contribution < -0.4 is 5.32 Å². The minimum atomic E-state index is -0.807. The molecule has 0 saturated carbocycles. The standard InChI is InChI=1S/C15H21N3O5/c1-6-9(2)16-14(19)13-11(17(20)21)7-10(15(3,4)5)8-12(13)18(22)23/h7-9H,6H2,1-5H3,(H,16,19). The van der Waals surface area contributed by atoms with Gasteiger partial charge in [0.15, 0.2) is 5.56 Å². The lowest BCUT2D eigenvalue weighted by Gasteiger charge is -2.19. The van der Waals surface area contributed by atoms with Gasteiger partial charge in [-0.25, -0.2) is 0 Å². The van der Waals surface area contributed by atoms with E-state index in [1.54, 1.807) is 27.7 Å². The van der Waals surface area contributed by atoms with Crippen LogP contribution in [0.15, 0.2) is 12.1 Å². The molecule has 1 amide bonds. The number of hydrogen-bond donors (Lipinski definition) is 1. The van der Waals surface area contributed by atoms with E-state index in [0.29, 0.717) is 12.0 Å². The van der Waals surface area contributed by atoms with E-state index in [1.165, 1.54) is 12.1 Å². The van der Waals surface area contributed by atoms with Gasteiger partial charge in [-0.1, -0.05) is 27.7 Å². The molecule has 0 heterocycles. The van der Waals surface area contributed by atoms with Gasteiger partial charge in [0.2, 0.25) is 0 Å². The number of nitrogens with zero attached hydrogens (tertiary/aromatic N) is 2. The van der Waals surface area contributed by atoms with Crippen molar-refractivity contribution in [2.75, 3.05) is 0 Å². The molecule has 0 saturated heterocycles. The van der Waals surface area contributed by atoms with Crippen LogP contribution in [0, 0.1) is 20.2 Å². The topological polar surface area (TPSA) is 115 Å². The Balaban J connectivity index is 3.62. The highest BCUT2D eigenvalue weighted by Crippen LogP contribution is 2.35. The highest BCUT2D eigenvalue weighted by atomic mass is 16.6. The number of hydrogen-bond acceptors (Lipinski definition) is 5. The maximum Gasteiger partial charge on any atom is 0.289 e. The molecule has 0 bridgehead atoms. The van der Waals surface area contributed by atoms with Gasteiger partial charge in [-0.15, -0.1) is 0 Å². The Bertz CT molecular complexity index is 614. The predicted molar refractivity (Wildman–Crippen MR) is 85.7 cm³/mol. The molecule has 0 radical (unpaired) electrons. The minimum absolute atomic E-state index is 0.246. The van der Waals surface area contributed by atoms with Crippen molar-refractivity contribution in [3.63, 3.8) is 0 Å². The third kappa shape index (κ3) is 4.24. The summed E-state index contributed by atoms with van der Waals surface area (Å²) in [5.74, 6) is -0.807. The van der Waals surface area contributed by atoms with Crippen molar-refractivity contribution >= 4 is 17.3 Å². The molecule has 0 aliphatic rings. The lowest BCUT2D eigenvalue weighted by atomic mass is 9.85. The van der Waals surface area contributed by atoms with Gasteiger partial charge in [-0.3, -0.25) is 25.0 Å². The van der Waals surface area contributed by atoms with Gasteiger partial charge >= 0.3 is 0 Å². The first-order chi connectivity index (χ1) is 10.5. The largest absolute Gasteiger partial charge is 0.349 e. The monoisotopic (exact) mass is 323 g/mol. The number of carbonyl (C=O) groups excluding carboxylic acids is 1. The third-order valence-electron chi connectivity index (χ3n) is 3.57. The van der Waals surface area contributed by atoms with Crippen LogP contribution in [-0.4, -0.2) is 21.8 Å². The van der Waals surface area contributed by atoms with E-state index in [1.807, 2.05) is 6.92 Å². The zero-order chi connectivity index (χ0) is 17.9. The third-order valence-corrected chi connectivity index (χ3v) is 3.57. The van der Waals surface area contributed by atoms with Crippen LogP contribution in [-0.2, 0) is 5.41 Å². The lowest BCUT2D eigenvalue weighted by molar-refractivity contribution is -0.394. The summed E-state index contributed by atoms with van der Waals surface area (Å²) in [6, 6.07) is 2.22. The van der Waals surface area contributed by atoms with Crippen molar-refractivity contribution in [3.8, 4) is 0 Å². The summed E-state index contributed by atoms with van der Waals surface area (Å²) >= 11 is 0. The van der Waals surface area contributed by atoms with Crippen LogP contribution in [0.1, 0.15) is 57.0 Å². The van der Waals surface area contributed by atoms with Crippen molar-refractivity contribution in [2.45, 2.75) is 52.5 Å². The summed E-state index contributed by atoms with van der Waals surface area (Å²) in [7, 11) is 0. The van der Waals surface area contributed by atoms with Crippen LogP contribution in [0.5, 0.6) is 0 Å². The molecular weight excluding hydrogens is 302 g/mol. The molecule has 23 heavy (non-hydrogen) atoms.